The fourth-order valence-corrected chi connectivity index (χ4v) is 1.83. The van der Waals surface area contributed by atoms with Crippen LogP contribution in [0.15, 0.2) is 24.3 Å². The maximum Gasteiger partial charge on any atom is 0.335 e. The quantitative estimate of drug-likeness (QED) is 0.708. The van der Waals surface area contributed by atoms with E-state index in [1.807, 2.05) is 13.8 Å². The zero-order valence-electron chi connectivity index (χ0n) is 13.1. The minimum Gasteiger partial charge on any atom is -0.478 e. The lowest BCUT2D eigenvalue weighted by atomic mass is 10.1. The summed E-state index contributed by atoms with van der Waals surface area (Å²) >= 11 is 0. The van der Waals surface area contributed by atoms with Crippen molar-refractivity contribution in [2.75, 3.05) is 0 Å². The van der Waals surface area contributed by atoms with E-state index in [0.717, 1.165) is 6.42 Å². The monoisotopic (exact) mass is 306 g/mol. The van der Waals surface area contributed by atoms with Crippen LogP contribution in [0, 0.1) is 0 Å². The van der Waals surface area contributed by atoms with Gasteiger partial charge in [0.15, 0.2) is 0 Å². The van der Waals surface area contributed by atoms with Crippen molar-refractivity contribution in [3.05, 3.63) is 35.4 Å². The van der Waals surface area contributed by atoms with Crippen molar-refractivity contribution in [2.45, 2.75) is 45.7 Å². The number of carboxylic acids is 1. The third kappa shape index (κ3) is 5.55. The van der Waals surface area contributed by atoms with Crippen LogP contribution < -0.4 is 10.6 Å². The Kier molecular flexibility index (Phi) is 6.56. The van der Waals surface area contributed by atoms with Crippen LogP contribution in [-0.2, 0) is 16.0 Å². The van der Waals surface area contributed by atoms with Crippen LogP contribution in [0.1, 0.15) is 43.1 Å². The summed E-state index contributed by atoms with van der Waals surface area (Å²) in [5.41, 5.74) is 0.722. The van der Waals surface area contributed by atoms with Gasteiger partial charge in [-0.15, -0.1) is 0 Å². The lowest BCUT2D eigenvalue weighted by molar-refractivity contribution is -0.128. The Morgan fingerprint density at radius 2 is 1.86 bits per heavy atom. The summed E-state index contributed by atoms with van der Waals surface area (Å²) < 4.78 is 0. The zero-order chi connectivity index (χ0) is 16.7. The highest BCUT2D eigenvalue weighted by Crippen LogP contribution is 2.06. The summed E-state index contributed by atoms with van der Waals surface area (Å²) in [6.07, 6.45) is 0.844. The molecule has 6 nitrogen and oxygen atoms in total. The second kappa shape index (κ2) is 8.17. The van der Waals surface area contributed by atoms with E-state index in [4.69, 9.17) is 5.11 Å². The number of nitrogens with one attached hydrogen (secondary N) is 2. The summed E-state index contributed by atoms with van der Waals surface area (Å²) in [6.45, 7) is 5.47. The first kappa shape index (κ1) is 17.7. The fourth-order valence-electron chi connectivity index (χ4n) is 1.83. The molecule has 2 unspecified atom stereocenters. The van der Waals surface area contributed by atoms with Crippen molar-refractivity contribution >= 4 is 17.8 Å². The van der Waals surface area contributed by atoms with Crippen LogP contribution in [0.2, 0.25) is 0 Å². The molecule has 3 N–H and O–H groups in total. The summed E-state index contributed by atoms with van der Waals surface area (Å²) in [7, 11) is 0. The summed E-state index contributed by atoms with van der Waals surface area (Å²) in [5, 5.41) is 14.3. The van der Waals surface area contributed by atoms with Gasteiger partial charge in [-0.05, 0) is 38.0 Å². The number of rotatable bonds is 7. The molecule has 6 heteroatoms. The molecule has 0 radical (unpaired) electrons. The lowest BCUT2D eigenvalue weighted by Gasteiger charge is -2.17. The summed E-state index contributed by atoms with van der Waals surface area (Å²) in [5.74, 6) is -1.60. The number of amides is 2. The van der Waals surface area contributed by atoms with Gasteiger partial charge in [-0.3, -0.25) is 9.59 Å². The standard InChI is InChI=1S/C16H22N2O4/c1-4-10(2)17-15(20)11(3)18-14(19)9-12-6-5-7-13(8-12)16(21)22/h5-8,10-11H,4,9H2,1-3H3,(H,17,20)(H,18,19)(H,21,22). The molecule has 2 amide bonds. The molecule has 22 heavy (non-hydrogen) atoms. The summed E-state index contributed by atoms with van der Waals surface area (Å²) in [4.78, 5) is 34.6. The second-order valence-electron chi connectivity index (χ2n) is 5.29. The molecule has 1 aromatic carbocycles. The Balaban J connectivity index is 2.57. The summed E-state index contributed by atoms with van der Waals surface area (Å²) in [6, 6.07) is 5.60. The molecule has 0 fully saturated rings. The molecule has 0 saturated heterocycles. The van der Waals surface area contributed by atoms with Crippen LogP contribution in [0.4, 0.5) is 0 Å². The molecular formula is C16H22N2O4. The van der Waals surface area contributed by atoms with Gasteiger partial charge in [0, 0.05) is 6.04 Å². The number of carbonyl (C=O) groups excluding carboxylic acids is 2. The van der Waals surface area contributed by atoms with Crippen LogP contribution in [0.5, 0.6) is 0 Å². The fraction of sp³-hybridized carbons (Fsp3) is 0.438. The number of hydrogen-bond donors (Lipinski definition) is 3. The van der Waals surface area contributed by atoms with E-state index in [1.54, 1.807) is 19.1 Å². The van der Waals surface area contributed by atoms with E-state index < -0.39 is 12.0 Å². The SMILES string of the molecule is CCC(C)NC(=O)C(C)NC(=O)Cc1cccc(C(=O)O)c1. The molecule has 120 valence electrons. The van der Waals surface area contributed by atoms with Crippen molar-refractivity contribution < 1.29 is 19.5 Å². The van der Waals surface area contributed by atoms with Gasteiger partial charge in [0.05, 0.1) is 12.0 Å². The molecule has 1 aromatic rings. The van der Waals surface area contributed by atoms with E-state index in [-0.39, 0.29) is 29.8 Å². The van der Waals surface area contributed by atoms with Gasteiger partial charge in [-0.25, -0.2) is 4.79 Å². The number of carbonyl (C=O) groups is 3. The molecule has 0 aliphatic carbocycles. The molecule has 0 aliphatic rings. The first-order valence-corrected chi connectivity index (χ1v) is 7.25. The van der Waals surface area contributed by atoms with E-state index >= 15 is 0 Å². The minimum absolute atomic E-state index is 0.0298. The molecule has 0 aromatic heterocycles. The number of benzene rings is 1. The van der Waals surface area contributed by atoms with E-state index in [0.29, 0.717) is 5.56 Å². The van der Waals surface area contributed by atoms with Crippen molar-refractivity contribution in [2.24, 2.45) is 0 Å². The van der Waals surface area contributed by atoms with Crippen LogP contribution in [0.3, 0.4) is 0 Å². The molecule has 2 atom stereocenters. The van der Waals surface area contributed by atoms with Gasteiger partial charge in [-0.1, -0.05) is 19.1 Å². The normalized spacial score (nSPS) is 13.0. The zero-order valence-corrected chi connectivity index (χ0v) is 13.1. The Labute approximate surface area is 129 Å². The predicted octanol–water partition coefficient (Wildman–Crippen LogP) is 1.35. The van der Waals surface area contributed by atoms with Crippen molar-refractivity contribution in [1.82, 2.24) is 10.6 Å². The Bertz CT molecular complexity index is 557. The number of aromatic carboxylic acids is 1. The van der Waals surface area contributed by atoms with Gasteiger partial charge in [0.2, 0.25) is 11.8 Å². The molecule has 0 aliphatic heterocycles. The first-order valence-electron chi connectivity index (χ1n) is 7.25. The Morgan fingerprint density at radius 1 is 1.18 bits per heavy atom. The molecule has 0 heterocycles. The third-order valence-corrected chi connectivity index (χ3v) is 3.31. The Morgan fingerprint density at radius 3 is 2.45 bits per heavy atom. The first-order chi connectivity index (χ1) is 10.3. The van der Waals surface area contributed by atoms with Crippen LogP contribution in [-0.4, -0.2) is 35.0 Å². The van der Waals surface area contributed by atoms with Crippen molar-refractivity contribution in [3.8, 4) is 0 Å². The van der Waals surface area contributed by atoms with E-state index in [2.05, 4.69) is 10.6 Å². The maximum atomic E-state index is 11.9. The molecule has 0 spiro atoms. The number of hydrogen-bond acceptors (Lipinski definition) is 3. The van der Waals surface area contributed by atoms with Gasteiger partial charge in [-0.2, -0.15) is 0 Å². The van der Waals surface area contributed by atoms with Crippen LogP contribution >= 0.6 is 0 Å². The smallest absolute Gasteiger partial charge is 0.335 e. The number of carboxylic acid groups (broad SMARTS) is 1. The maximum absolute atomic E-state index is 11.9. The highest BCUT2D eigenvalue weighted by Gasteiger charge is 2.17. The molecule has 1 rings (SSSR count). The molecular weight excluding hydrogens is 284 g/mol. The highest BCUT2D eigenvalue weighted by atomic mass is 16.4. The average Bonchev–Trinajstić information content (AvgIpc) is 2.46. The topological polar surface area (TPSA) is 95.5 Å². The lowest BCUT2D eigenvalue weighted by Crippen LogP contribution is -2.47. The van der Waals surface area contributed by atoms with E-state index in [1.165, 1.54) is 12.1 Å². The van der Waals surface area contributed by atoms with Crippen molar-refractivity contribution in [1.29, 1.82) is 0 Å². The van der Waals surface area contributed by atoms with Crippen molar-refractivity contribution in [3.63, 3.8) is 0 Å². The second-order valence-corrected chi connectivity index (χ2v) is 5.29. The predicted molar refractivity (Wildman–Crippen MR) is 82.6 cm³/mol. The Hall–Kier alpha value is -2.37. The average molecular weight is 306 g/mol. The van der Waals surface area contributed by atoms with Crippen LogP contribution in [0.25, 0.3) is 0 Å². The van der Waals surface area contributed by atoms with Gasteiger partial charge < -0.3 is 15.7 Å². The minimum atomic E-state index is -1.04. The van der Waals surface area contributed by atoms with Gasteiger partial charge in [0.1, 0.15) is 6.04 Å². The highest BCUT2D eigenvalue weighted by molar-refractivity contribution is 5.90. The third-order valence-electron chi connectivity index (χ3n) is 3.31. The molecule has 0 bridgehead atoms. The largest absolute Gasteiger partial charge is 0.478 e. The van der Waals surface area contributed by atoms with Gasteiger partial charge >= 0.3 is 5.97 Å². The van der Waals surface area contributed by atoms with Gasteiger partial charge in [0.25, 0.3) is 0 Å². The molecule has 0 saturated carbocycles. The van der Waals surface area contributed by atoms with E-state index in [9.17, 15) is 14.4 Å².